The zero-order valence-corrected chi connectivity index (χ0v) is 16.0. The molecule has 1 N–H and O–H groups in total. The van der Waals surface area contributed by atoms with E-state index in [2.05, 4.69) is 9.71 Å². The molecule has 2 heterocycles. The second-order valence-corrected chi connectivity index (χ2v) is 10.1. The van der Waals surface area contributed by atoms with Crippen LogP contribution in [-0.2, 0) is 10.0 Å². The third-order valence-corrected chi connectivity index (χ3v) is 8.55. The Labute approximate surface area is 159 Å². The van der Waals surface area contributed by atoms with E-state index in [0.29, 0.717) is 10.3 Å². The molecule has 1 aromatic heterocycles. The lowest BCUT2D eigenvalue weighted by Gasteiger charge is -2.13. The summed E-state index contributed by atoms with van der Waals surface area (Å²) in [6, 6.07) is 13.0. The molecule has 1 fully saturated rings. The lowest BCUT2D eigenvalue weighted by Crippen LogP contribution is -2.14. The van der Waals surface area contributed by atoms with E-state index >= 15 is 0 Å². The third kappa shape index (κ3) is 3.41. The molecule has 0 saturated carbocycles. The Hall–Kier alpha value is -1.77. The normalized spacial score (nSPS) is 15.4. The number of hydrogen-bond donors (Lipinski definition) is 1. The molecule has 0 spiro atoms. The minimum absolute atomic E-state index is 0.0111. The zero-order valence-electron chi connectivity index (χ0n) is 13.6. The highest BCUT2D eigenvalue weighted by molar-refractivity contribution is 8.19. The van der Waals surface area contributed by atoms with Crippen molar-refractivity contribution in [2.75, 3.05) is 16.2 Å². The number of halogens is 1. The van der Waals surface area contributed by atoms with Crippen LogP contribution in [0.25, 0.3) is 10.9 Å². The number of nitrogens with one attached hydrogen (secondary N) is 1. The van der Waals surface area contributed by atoms with Gasteiger partial charge in [-0.05, 0) is 42.0 Å². The van der Waals surface area contributed by atoms with Crippen molar-refractivity contribution >= 4 is 50.1 Å². The average molecular weight is 407 g/mol. The zero-order chi connectivity index (χ0) is 18.1. The van der Waals surface area contributed by atoms with E-state index in [1.165, 1.54) is 12.3 Å². The van der Waals surface area contributed by atoms with Crippen LogP contribution < -0.4 is 4.72 Å². The molecule has 134 valence electrons. The van der Waals surface area contributed by atoms with Crippen LogP contribution in [0.15, 0.2) is 59.6 Å². The van der Waals surface area contributed by atoms with Gasteiger partial charge in [-0.15, -0.1) is 23.5 Å². The van der Waals surface area contributed by atoms with Crippen molar-refractivity contribution in [2.24, 2.45) is 0 Å². The van der Waals surface area contributed by atoms with Crippen LogP contribution in [0.3, 0.4) is 0 Å². The fourth-order valence-electron chi connectivity index (χ4n) is 2.86. The Balaban J connectivity index is 1.70. The van der Waals surface area contributed by atoms with Gasteiger partial charge >= 0.3 is 0 Å². The highest BCUT2D eigenvalue weighted by Crippen LogP contribution is 2.45. The molecule has 2 aromatic carbocycles. The summed E-state index contributed by atoms with van der Waals surface area (Å²) >= 11 is 3.72. The van der Waals surface area contributed by atoms with E-state index in [9.17, 15) is 12.8 Å². The number of sulfonamides is 1. The molecule has 1 aliphatic heterocycles. The second-order valence-electron chi connectivity index (χ2n) is 5.75. The Morgan fingerprint density at radius 3 is 2.69 bits per heavy atom. The van der Waals surface area contributed by atoms with Crippen LogP contribution in [-0.4, -0.2) is 24.9 Å². The van der Waals surface area contributed by atoms with Crippen molar-refractivity contribution < 1.29 is 12.8 Å². The van der Waals surface area contributed by atoms with Crippen molar-refractivity contribution in [3.63, 3.8) is 0 Å². The van der Waals surface area contributed by atoms with Gasteiger partial charge in [-0.25, -0.2) is 12.8 Å². The molecular formula is C18H15FN2O2S3. The van der Waals surface area contributed by atoms with Crippen molar-refractivity contribution in [3.05, 3.63) is 66.1 Å². The number of nitrogens with zero attached hydrogens (tertiary/aromatic N) is 1. The monoisotopic (exact) mass is 406 g/mol. The Morgan fingerprint density at radius 2 is 1.88 bits per heavy atom. The largest absolute Gasteiger partial charge is 0.280 e. The van der Waals surface area contributed by atoms with Gasteiger partial charge in [0, 0.05) is 28.8 Å². The van der Waals surface area contributed by atoms with Gasteiger partial charge in [0.2, 0.25) is 0 Å². The van der Waals surface area contributed by atoms with E-state index in [0.717, 1.165) is 23.1 Å². The summed E-state index contributed by atoms with van der Waals surface area (Å²) in [5.74, 6) is 1.65. The smallest absolute Gasteiger partial charge is 0.262 e. The van der Waals surface area contributed by atoms with Gasteiger partial charge in [0.25, 0.3) is 10.0 Å². The molecule has 0 amide bonds. The van der Waals surface area contributed by atoms with E-state index in [1.54, 1.807) is 18.2 Å². The Bertz CT molecular complexity index is 1070. The fourth-order valence-corrected chi connectivity index (χ4v) is 6.94. The van der Waals surface area contributed by atoms with Gasteiger partial charge in [0.1, 0.15) is 11.3 Å². The summed E-state index contributed by atoms with van der Waals surface area (Å²) in [4.78, 5) is 3.97. The molecule has 0 radical (unpaired) electrons. The number of hydrogen-bond acceptors (Lipinski definition) is 5. The summed E-state index contributed by atoms with van der Waals surface area (Å²) < 4.78 is 42.6. The van der Waals surface area contributed by atoms with Gasteiger partial charge < -0.3 is 0 Å². The van der Waals surface area contributed by atoms with Crippen molar-refractivity contribution in [1.29, 1.82) is 0 Å². The minimum atomic E-state index is -3.87. The highest BCUT2D eigenvalue weighted by Gasteiger charge is 2.21. The van der Waals surface area contributed by atoms with Crippen LogP contribution in [0.1, 0.15) is 10.1 Å². The first kappa shape index (κ1) is 17.6. The Kier molecular flexibility index (Phi) is 4.81. The molecule has 1 saturated heterocycles. The molecule has 0 atom stereocenters. The van der Waals surface area contributed by atoms with Crippen molar-refractivity contribution in [1.82, 2.24) is 4.98 Å². The molecule has 3 aromatic rings. The molecule has 4 nitrogen and oxygen atoms in total. The van der Waals surface area contributed by atoms with Crippen LogP contribution >= 0.6 is 23.5 Å². The third-order valence-electron chi connectivity index (χ3n) is 4.00. The van der Waals surface area contributed by atoms with Crippen LogP contribution in [0.5, 0.6) is 0 Å². The molecule has 26 heavy (non-hydrogen) atoms. The van der Waals surface area contributed by atoms with E-state index in [4.69, 9.17) is 0 Å². The maximum Gasteiger partial charge on any atom is 0.262 e. The van der Waals surface area contributed by atoms with Crippen molar-refractivity contribution in [2.45, 2.75) is 9.48 Å². The van der Waals surface area contributed by atoms with Gasteiger partial charge in [0.15, 0.2) is 0 Å². The van der Waals surface area contributed by atoms with E-state index < -0.39 is 15.8 Å². The number of thioether (sulfide) groups is 2. The van der Waals surface area contributed by atoms with Crippen molar-refractivity contribution in [3.8, 4) is 0 Å². The summed E-state index contributed by atoms with van der Waals surface area (Å²) in [5.41, 5.74) is 1.63. The fraction of sp³-hybridized carbons (Fsp3) is 0.167. The first-order valence-electron chi connectivity index (χ1n) is 7.94. The first-order chi connectivity index (χ1) is 12.5. The minimum Gasteiger partial charge on any atom is -0.280 e. The highest BCUT2D eigenvalue weighted by atomic mass is 32.2. The molecule has 0 unspecified atom stereocenters. The number of pyridine rings is 1. The number of benzene rings is 2. The van der Waals surface area contributed by atoms with Crippen LogP contribution in [0, 0.1) is 5.82 Å². The summed E-state index contributed by atoms with van der Waals surface area (Å²) in [6.07, 6.45) is 1.44. The lowest BCUT2D eigenvalue weighted by molar-refractivity contribution is 0.601. The predicted molar refractivity (Wildman–Crippen MR) is 107 cm³/mol. The molecule has 0 aliphatic carbocycles. The second kappa shape index (κ2) is 7.09. The molecular weight excluding hydrogens is 391 g/mol. The van der Waals surface area contributed by atoms with Gasteiger partial charge in [-0.3, -0.25) is 9.71 Å². The number of rotatable bonds is 4. The van der Waals surface area contributed by atoms with E-state index in [-0.39, 0.29) is 15.8 Å². The standard InChI is InChI=1S/C18H15FN2O2S3/c19-15-6-7-16(14-5-2-8-20-17(14)15)26(22,23)21-13-4-1-3-12(11-13)18-24-9-10-25-18/h1-8,11,18,21H,9-10H2. The number of anilines is 1. The topological polar surface area (TPSA) is 59.1 Å². The average Bonchev–Trinajstić information content (AvgIpc) is 3.16. The molecule has 1 aliphatic rings. The number of aromatic nitrogens is 1. The summed E-state index contributed by atoms with van der Waals surface area (Å²) in [5, 5.41) is 0.262. The van der Waals surface area contributed by atoms with Gasteiger partial charge in [-0.2, -0.15) is 0 Å². The quantitative estimate of drug-likeness (QED) is 0.683. The lowest BCUT2D eigenvalue weighted by atomic mass is 10.2. The molecule has 8 heteroatoms. The molecule has 4 rings (SSSR count). The SMILES string of the molecule is O=S(=O)(Nc1cccc(C2SCCS2)c1)c1ccc(F)c2ncccc12. The first-order valence-corrected chi connectivity index (χ1v) is 11.5. The van der Waals surface area contributed by atoms with Crippen LogP contribution in [0.4, 0.5) is 10.1 Å². The number of fused-ring (bicyclic) bond motifs is 1. The van der Waals surface area contributed by atoms with Gasteiger partial charge in [-0.1, -0.05) is 12.1 Å². The maximum atomic E-state index is 13.9. The summed E-state index contributed by atoms with van der Waals surface area (Å²) in [6.45, 7) is 0. The Morgan fingerprint density at radius 1 is 1.08 bits per heavy atom. The molecule has 0 bridgehead atoms. The van der Waals surface area contributed by atoms with Crippen LogP contribution in [0.2, 0.25) is 0 Å². The predicted octanol–water partition coefficient (Wildman–Crippen LogP) is 4.65. The van der Waals surface area contributed by atoms with E-state index in [1.807, 2.05) is 41.7 Å². The maximum absolute atomic E-state index is 13.9. The summed E-state index contributed by atoms with van der Waals surface area (Å²) in [7, 11) is -3.87. The van der Waals surface area contributed by atoms with Gasteiger partial charge in [0.05, 0.1) is 9.48 Å².